The van der Waals surface area contributed by atoms with Crippen molar-refractivity contribution in [3.63, 3.8) is 0 Å². The zero-order valence-electron chi connectivity index (χ0n) is 27.7. The third-order valence-corrected chi connectivity index (χ3v) is 10.2. The number of fused-ring (bicyclic) bond motifs is 1. The summed E-state index contributed by atoms with van der Waals surface area (Å²) in [5, 5.41) is 15.9. The van der Waals surface area contributed by atoms with Crippen molar-refractivity contribution in [2.24, 2.45) is 0 Å². The average Bonchev–Trinajstić information content (AvgIpc) is 3.90. The van der Waals surface area contributed by atoms with Crippen LogP contribution >= 0.6 is 11.3 Å². The fraction of sp³-hybridized carbons (Fsp3) is 0.146. The van der Waals surface area contributed by atoms with Gasteiger partial charge in [0.2, 0.25) is 0 Å². The average molecular weight is 658 g/mol. The van der Waals surface area contributed by atoms with Crippen LogP contribution in [0, 0.1) is 13.8 Å². The van der Waals surface area contributed by atoms with Crippen molar-refractivity contribution in [2.75, 3.05) is 0 Å². The number of tetrazole rings is 1. The van der Waals surface area contributed by atoms with Crippen molar-refractivity contribution in [2.45, 2.75) is 39.3 Å². The van der Waals surface area contributed by atoms with Gasteiger partial charge in [-0.3, -0.25) is 0 Å². The van der Waals surface area contributed by atoms with E-state index < -0.39 is 5.54 Å². The topological polar surface area (TPSA) is 74.3 Å². The molecule has 0 aliphatic carbocycles. The van der Waals surface area contributed by atoms with Gasteiger partial charge < -0.3 is 4.57 Å². The molecule has 0 bridgehead atoms. The van der Waals surface area contributed by atoms with Crippen LogP contribution in [0.25, 0.3) is 33.0 Å². The Morgan fingerprint density at radius 2 is 1.33 bits per heavy atom. The quantitative estimate of drug-likeness (QED) is 0.145. The maximum Gasteiger partial charge on any atom is 0.194 e. The fourth-order valence-corrected chi connectivity index (χ4v) is 7.91. The maximum atomic E-state index is 4.94. The van der Waals surface area contributed by atoms with Crippen LogP contribution in [-0.2, 0) is 18.5 Å². The predicted molar refractivity (Wildman–Crippen MR) is 197 cm³/mol. The van der Waals surface area contributed by atoms with E-state index in [0.717, 1.165) is 67.4 Å². The van der Waals surface area contributed by atoms with E-state index in [2.05, 4.69) is 138 Å². The second kappa shape index (κ2) is 12.7. The molecule has 0 aliphatic rings. The number of hydrogen-bond acceptors (Lipinski definition) is 6. The molecule has 4 aromatic carbocycles. The van der Waals surface area contributed by atoms with Gasteiger partial charge in [-0.2, -0.15) is 0 Å². The van der Waals surface area contributed by atoms with Gasteiger partial charge in [-0.25, -0.2) is 14.6 Å². The van der Waals surface area contributed by atoms with E-state index in [-0.39, 0.29) is 0 Å². The van der Waals surface area contributed by atoms with Crippen LogP contribution < -0.4 is 0 Å². The molecule has 8 aromatic rings. The summed E-state index contributed by atoms with van der Waals surface area (Å²) in [6, 6.07) is 44.6. The van der Waals surface area contributed by atoms with Crippen LogP contribution in [-0.4, -0.2) is 34.7 Å². The molecular weight excluding hydrogens is 623 g/mol. The van der Waals surface area contributed by atoms with Crippen LogP contribution in [0.5, 0.6) is 0 Å². The monoisotopic (exact) mass is 657 g/mol. The summed E-state index contributed by atoms with van der Waals surface area (Å²) in [6.45, 7) is 7.01. The van der Waals surface area contributed by atoms with Crippen LogP contribution in [0.4, 0.5) is 0 Å². The number of nitrogens with zero attached hydrogens (tertiary/aromatic N) is 7. The fourth-order valence-electron chi connectivity index (χ4n) is 7.03. The molecular formula is C41H35N7S. The summed E-state index contributed by atoms with van der Waals surface area (Å²) in [5.41, 5.74) is 9.88. The largest absolute Gasteiger partial charge is 0.308 e. The van der Waals surface area contributed by atoms with Gasteiger partial charge in [-0.15, -0.1) is 16.4 Å². The molecule has 0 aliphatic heterocycles. The number of imidazole rings is 1. The van der Waals surface area contributed by atoms with Gasteiger partial charge in [-0.1, -0.05) is 122 Å². The van der Waals surface area contributed by atoms with Crippen molar-refractivity contribution in [3.8, 4) is 21.8 Å². The van der Waals surface area contributed by atoms with E-state index in [1.807, 2.05) is 29.8 Å². The number of rotatable bonds is 9. The number of pyridine rings is 1. The predicted octanol–water partition coefficient (Wildman–Crippen LogP) is 8.88. The Balaban J connectivity index is 1.22. The normalized spacial score (nSPS) is 11.7. The minimum atomic E-state index is -0.816. The number of hydrogen-bond donors (Lipinski definition) is 0. The Kier molecular flexibility index (Phi) is 7.93. The Morgan fingerprint density at radius 3 is 1.92 bits per heavy atom. The number of benzene rings is 4. The van der Waals surface area contributed by atoms with E-state index in [4.69, 9.17) is 20.3 Å². The summed E-state index contributed by atoms with van der Waals surface area (Å²) in [5.74, 6) is 1.76. The van der Waals surface area contributed by atoms with Gasteiger partial charge in [0.25, 0.3) is 0 Å². The molecule has 0 saturated heterocycles. The minimum Gasteiger partial charge on any atom is -0.308 e. The molecule has 0 saturated carbocycles. The molecule has 8 heteroatoms. The molecule has 240 valence electrons. The summed E-state index contributed by atoms with van der Waals surface area (Å²) >= 11 is 1.65. The number of aromatic nitrogens is 7. The molecule has 7 nitrogen and oxygen atoms in total. The third-order valence-electron chi connectivity index (χ3n) is 9.25. The maximum absolute atomic E-state index is 4.94. The highest BCUT2D eigenvalue weighted by Gasteiger charge is 2.42. The van der Waals surface area contributed by atoms with Gasteiger partial charge >= 0.3 is 0 Å². The summed E-state index contributed by atoms with van der Waals surface area (Å²) in [7, 11) is 0. The highest BCUT2D eigenvalue weighted by molar-refractivity contribution is 7.14. The lowest BCUT2D eigenvalue weighted by molar-refractivity contribution is 0.451. The van der Waals surface area contributed by atoms with Crippen molar-refractivity contribution < 1.29 is 0 Å². The van der Waals surface area contributed by atoms with Crippen LogP contribution in [0.1, 0.15) is 46.3 Å². The van der Waals surface area contributed by atoms with Crippen molar-refractivity contribution in [3.05, 3.63) is 172 Å². The molecule has 0 amide bonds. The molecule has 0 radical (unpaired) electrons. The lowest BCUT2D eigenvalue weighted by atomic mass is 9.77. The van der Waals surface area contributed by atoms with Crippen molar-refractivity contribution in [1.82, 2.24) is 34.7 Å². The Bertz CT molecular complexity index is 2260. The molecule has 4 aromatic heterocycles. The van der Waals surface area contributed by atoms with Gasteiger partial charge in [-0.05, 0) is 75.2 Å². The first-order chi connectivity index (χ1) is 24.1. The molecule has 0 unspecified atom stereocenters. The van der Waals surface area contributed by atoms with E-state index in [0.29, 0.717) is 12.4 Å². The first-order valence-electron chi connectivity index (χ1n) is 16.5. The second-order valence-corrected chi connectivity index (χ2v) is 13.2. The summed E-state index contributed by atoms with van der Waals surface area (Å²) < 4.78 is 4.26. The van der Waals surface area contributed by atoms with Crippen molar-refractivity contribution in [1.29, 1.82) is 0 Å². The van der Waals surface area contributed by atoms with Crippen LogP contribution in [0.2, 0.25) is 0 Å². The standard InChI is InChI=1S/C41H35N7S/c1-4-36-43-37-28(2)26-29(3)42-39(37)47(36)27-30-20-22-31(23-21-30)35-24-25-49-38(35)40-44-45-46-48(40)41(32-14-8-5-9-15-32,33-16-10-6-11-17-33)34-18-12-7-13-19-34/h5-26H,4,27H2,1-3H3. The van der Waals surface area contributed by atoms with E-state index in [9.17, 15) is 0 Å². The number of aryl methyl sites for hydroxylation is 3. The van der Waals surface area contributed by atoms with Gasteiger partial charge in [0.15, 0.2) is 11.5 Å². The second-order valence-electron chi connectivity index (χ2n) is 12.3. The van der Waals surface area contributed by atoms with Crippen LogP contribution in [0.3, 0.4) is 0 Å². The zero-order chi connectivity index (χ0) is 33.4. The Morgan fingerprint density at radius 1 is 0.714 bits per heavy atom. The first kappa shape index (κ1) is 30.6. The van der Waals surface area contributed by atoms with E-state index in [1.54, 1.807) is 11.3 Å². The lowest BCUT2D eigenvalue weighted by Crippen LogP contribution is -2.39. The molecule has 0 fully saturated rings. The summed E-state index contributed by atoms with van der Waals surface area (Å²) in [6.07, 6.45) is 0.844. The van der Waals surface area contributed by atoms with Crippen LogP contribution in [0.15, 0.2) is 133 Å². The van der Waals surface area contributed by atoms with Crippen molar-refractivity contribution >= 4 is 22.5 Å². The van der Waals surface area contributed by atoms with E-state index >= 15 is 0 Å². The molecule has 8 rings (SSSR count). The van der Waals surface area contributed by atoms with Gasteiger partial charge in [0, 0.05) is 17.7 Å². The number of thiophene rings is 1. The third kappa shape index (κ3) is 5.25. The Hall–Kier alpha value is -5.73. The highest BCUT2D eigenvalue weighted by atomic mass is 32.1. The van der Waals surface area contributed by atoms with Gasteiger partial charge in [0.05, 0.1) is 11.4 Å². The molecule has 0 atom stereocenters. The smallest absolute Gasteiger partial charge is 0.194 e. The molecule has 0 N–H and O–H groups in total. The summed E-state index contributed by atoms with van der Waals surface area (Å²) in [4.78, 5) is 10.8. The van der Waals surface area contributed by atoms with Gasteiger partial charge in [0.1, 0.15) is 16.9 Å². The van der Waals surface area contributed by atoms with E-state index in [1.165, 1.54) is 5.56 Å². The zero-order valence-corrected chi connectivity index (χ0v) is 28.5. The molecule has 49 heavy (non-hydrogen) atoms. The first-order valence-corrected chi connectivity index (χ1v) is 17.4. The molecule has 0 spiro atoms. The highest BCUT2D eigenvalue weighted by Crippen LogP contribution is 2.44. The molecule has 4 heterocycles. The SMILES string of the molecule is CCc1nc2c(C)cc(C)nc2n1Cc1ccc(-c2ccsc2-c2nnnn2C(c2ccccc2)(c2ccccc2)c2ccccc2)cc1. The minimum absolute atomic E-state index is 0.707. The lowest BCUT2D eigenvalue weighted by Gasteiger charge is -2.36. The Labute approximate surface area is 289 Å².